The standard InChI is InChI=1S/C14H13ClN2OS/c1-10(19-12-7-5-11(15)6-8-12)14(18)17-13-4-2-3-9-16-13/h2-10H,1H3,(H,16,17,18)/t10-/m0/s1. The van der Waals surface area contributed by atoms with Crippen molar-refractivity contribution in [1.82, 2.24) is 4.98 Å². The first-order valence-corrected chi connectivity index (χ1v) is 7.05. The number of pyridine rings is 1. The third-order valence-corrected chi connectivity index (χ3v) is 3.78. The average molecular weight is 293 g/mol. The van der Waals surface area contributed by atoms with Gasteiger partial charge >= 0.3 is 0 Å². The summed E-state index contributed by atoms with van der Waals surface area (Å²) >= 11 is 7.30. The maximum Gasteiger partial charge on any atom is 0.238 e. The summed E-state index contributed by atoms with van der Waals surface area (Å²) < 4.78 is 0. The van der Waals surface area contributed by atoms with Gasteiger partial charge in [-0.1, -0.05) is 17.7 Å². The van der Waals surface area contributed by atoms with Crippen molar-refractivity contribution in [3.8, 4) is 0 Å². The Kier molecular flexibility index (Phi) is 4.82. The third-order valence-electron chi connectivity index (χ3n) is 2.41. The Morgan fingerprint density at radius 1 is 1.26 bits per heavy atom. The van der Waals surface area contributed by atoms with Crippen molar-refractivity contribution >= 4 is 35.1 Å². The van der Waals surface area contributed by atoms with Gasteiger partial charge in [-0.3, -0.25) is 4.79 Å². The SMILES string of the molecule is C[C@H](Sc1ccc(Cl)cc1)C(=O)Nc1ccccn1. The first-order chi connectivity index (χ1) is 9.15. The molecule has 0 saturated heterocycles. The van der Waals surface area contributed by atoms with Crippen LogP contribution in [0.2, 0.25) is 5.02 Å². The predicted molar refractivity (Wildman–Crippen MR) is 79.6 cm³/mol. The van der Waals surface area contributed by atoms with Crippen LogP contribution in [-0.4, -0.2) is 16.1 Å². The zero-order valence-corrected chi connectivity index (χ0v) is 11.9. The summed E-state index contributed by atoms with van der Waals surface area (Å²) in [5.74, 6) is 0.495. The van der Waals surface area contributed by atoms with Crippen LogP contribution in [0.3, 0.4) is 0 Å². The number of anilines is 1. The molecule has 1 atom stereocenters. The summed E-state index contributed by atoms with van der Waals surface area (Å²) in [6.45, 7) is 1.86. The number of carbonyl (C=O) groups is 1. The summed E-state index contributed by atoms with van der Waals surface area (Å²) in [6.07, 6.45) is 1.65. The molecule has 5 heteroatoms. The number of hydrogen-bond acceptors (Lipinski definition) is 3. The number of aromatic nitrogens is 1. The molecule has 98 valence electrons. The van der Waals surface area contributed by atoms with E-state index in [0.717, 1.165) is 4.90 Å². The number of thioether (sulfide) groups is 1. The minimum atomic E-state index is -0.205. The van der Waals surface area contributed by atoms with Gasteiger partial charge in [-0.15, -0.1) is 11.8 Å². The largest absolute Gasteiger partial charge is 0.310 e. The fourth-order valence-electron chi connectivity index (χ4n) is 1.44. The number of amides is 1. The van der Waals surface area contributed by atoms with Crippen molar-refractivity contribution < 1.29 is 4.79 Å². The topological polar surface area (TPSA) is 42.0 Å². The second-order valence-corrected chi connectivity index (χ2v) is 5.77. The molecule has 2 rings (SSSR count). The van der Waals surface area contributed by atoms with Gasteiger partial charge in [0.1, 0.15) is 5.82 Å². The van der Waals surface area contributed by atoms with Gasteiger partial charge in [0.2, 0.25) is 5.91 Å². The molecule has 1 heterocycles. The molecule has 0 fully saturated rings. The van der Waals surface area contributed by atoms with E-state index in [1.54, 1.807) is 12.3 Å². The van der Waals surface area contributed by atoms with Gasteiger partial charge in [0.05, 0.1) is 5.25 Å². The average Bonchev–Trinajstić information content (AvgIpc) is 2.42. The van der Waals surface area contributed by atoms with E-state index < -0.39 is 0 Å². The maximum atomic E-state index is 12.0. The van der Waals surface area contributed by atoms with Crippen LogP contribution in [0.4, 0.5) is 5.82 Å². The molecule has 0 unspecified atom stereocenters. The highest BCUT2D eigenvalue weighted by atomic mass is 35.5. The Bertz CT molecular complexity index is 545. The predicted octanol–water partition coefficient (Wildman–Crippen LogP) is 3.85. The number of halogens is 1. The zero-order chi connectivity index (χ0) is 13.7. The lowest BCUT2D eigenvalue weighted by molar-refractivity contribution is -0.115. The molecular formula is C14H13ClN2OS. The quantitative estimate of drug-likeness (QED) is 0.870. The van der Waals surface area contributed by atoms with Gasteiger partial charge in [0.25, 0.3) is 0 Å². The van der Waals surface area contributed by atoms with Crippen molar-refractivity contribution in [3.63, 3.8) is 0 Å². The molecule has 0 aliphatic heterocycles. The lowest BCUT2D eigenvalue weighted by atomic mass is 10.4. The number of benzene rings is 1. The zero-order valence-electron chi connectivity index (χ0n) is 10.3. The van der Waals surface area contributed by atoms with E-state index in [0.29, 0.717) is 10.8 Å². The molecule has 0 saturated carbocycles. The molecule has 1 aromatic heterocycles. The van der Waals surface area contributed by atoms with Gasteiger partial charge in [-0.25, -0.2) is 4.98 Å². The molecule has 1 N–H and O–H groups in total. The fraction of sp³-hybridized carbons (Fsp3) is 0.143. The normalized spacial score (nSPS) is 11.9. The van der Waals surface area contributed by atoms with E-state index in [2.05, 4.69) is 10.3 Å². The first kappa shape index (κ1) is 13.9. The summed E-state index contributed by atoms with van der Waals surface area (Å²) in [7, 11) is 0. The summed E-state index contributed by atoms with van der Waals surface area (Å²) in [6, 6.07) is 12.8. The van der Waals surface area contributed by atoms with Crippen LogP contribution in [0.15, 0.2) is 53.6 Å². The van der Waals surface area contributed by atoms with E-state index in [4.69, 9.17) is 11.6 Å². The summed E-state index contributed by atoms with van der Waals surface area (Å²) in [5, 5.41) is 3.26. The van der Waals surface area contributed by atoms with Crippen LogP contribution in [-0.2, 0) is 4.79 Å². The Balaban J connectivity index is 1.94. The number of carbonyl (C=O) groups excluding carboxylic acids is 1. The van der Waals surface area contributed by atoms with Crippen LogP contribution in [0.5, 0.6) is 0 Å². The van der Waals surface area contributed by atoms with E-state index >= 15 is 0 Å². The van der Waals surface area contributed by atoms with Crippen LogP contribution in [0, 0.1) is 0 Å². The molecule has 19 heavy (non-hydrogen) atoms. The van der Waals surface area contributed by atoms with E-state index in [1.165, 1.54) is 11.8 Å². The van der Waals surface area contributed by atoms with Crippen LogP contribution < -0.4 is 5.32 Å². The van der Waals surface area contributed by atoms with Crippen LogP contribution >= 0.6 is 23.4 Å². The van der Waals surface area contributed by atoms with E-state index in [9.17, 15) is 4.79 Å². The van der Waals surface area contributed by atoms with Crippen molar-refractivity contribution in [2.24, 2.45) is 0 Å². The van der Waals surface area contributed by atoms with Crippen molar-refractivity contribution in [2.75, 3.05) is 5.32 Å². The van der Waals surface area contributed by atoms with Gasteiger partial charge < -0.3 is 5.32 Å². The molecule has 0 spiro atoms. The number of hydrogen-bond donors (Lipinski definition) is 1. The number of rotatable bonds is 4. The fourth-order valence-corrected chi connectivity index (χ4v) is 2.43. The molecule has 0 radical (unpaired) electrons. The van der Waals surface area contributed by atoms with Crippen LogP contribution in [0.25, 0.3) is 0 Å². The monoisotopic (exact) mass is 292 g/mol. The highest BCUT2D eigenvalue weighted by Crippen LogP contribution is 2.25. The molecule has 1 amide bonds. The van der Waals surface area contributed by atoms with Gasteiger partial charge in [-0.05, 0) is 43.3 Å². The minimum absolute atomic E-state index is 0.0707. The first-order valence-electron chi connectivity index (χ1n) is 5.79. The molecule has 3 nitrogen and oxygen atoms in total. The maximum absolute atomic E-state index is 12.0. The van der Waals surface area contributed by atoms with E-state index in [1.807, 2.05) is 43.3 Å². The smallest absolute Gasteiger partial charge is 0.238 e. The number of nitrogens with one attached hydrogen (secondary N) is 1. The van der Waals surface area contributed by atoms with Crippen LogP contribution in [0.1, 0.15) is 6.92 Å². The Morgan fingerprint density at radius 2 is 2.00 bits per heavy atom. The Hall–Kier alpha value is -1.52. The molecule has 2 aromatic rings. The third kappa shape index (κ3) is 4.26. The van der Waals surface area contributed by atoms with Crippen molar-refractivity contribution in [1.29, 1.82) is 0 Å². The second kappa shape index (κ2) is 6.59. The summed E-state index contributed by atoms with van der Waals surface area (Å²) in [5.41, 5.74) is 0. The highest BCUT2D eigenvalue weighted by molar-refractivity contribution is 8.00. The molecular weight excluding hydrogens is 280 g/mol. The van der Waals surface area contributed by atoms with E-state index in [-0.39, 0.29) is 11.2 Å². The van der Waals surface area contributed by atoms with Crippen molar-refractivity contribution in [2.45, 2.75) is 17.1 Å². The Labute approximate surface area is 121 Å². The van der Waals surface area contributed by atoms with Gasteiger partial charge in [0.15, 0.2) is 0 Å². The molecule has 0 aliphatic rings. The Morgan fingerprint density at radius 3 is 2.63 bits per heavy atom. The molecule has 1 aromatic carbocycles. The molecule has 0 bridgehead atoms. The van der Waals surface area contributed by atoms with Crippen molar-refractivity contribution in [3.05, 3.63) is 53.7 Å². The highest BCUT2D eigenvalue weighted by Gasteiger charge is 2.14. The second-order valence-electron chi connectivity index (χ2n) is 3.92. The minimum Gasteiger partial charge on any atom is -0.310 e. The van der Waals surface area contributed by atoms with Gasteiger partial charge in [0, 0.05) is 16.1 Å². The lowest BCUT2D eigenvalue weighted by Crippen LogP contribution is -2.22. The van der Waals surface area contributed by atoms with Gasteiger partial charge in [-0.2, -0.15) is 0 Å². The number of nitrogens with zero attached hydrogens (tertiary/aromatic N) is 1. The lowest BCUT2D eigenvalue weighted by Gasteiger charge is -2.11. The molecule has 0 aliphatic carbocycles. The summed E-state index contributed by atoms with van der Waals surface area (Å²) in [4.78, 5) is 17.1.